The Labute approximate surface area is 150 Å². The molecule has 8 nitrogen and oxygen atoms in total. The molecule has 1 saturated heterocycles. The zero-order chi connectivity index (χ0) is 17.8. The molecule has 1 N–H and O–H groups in total. The molecule has 1 aliphatic rings. The number of imide groups is 1. The average Bonchev–Trinajstić information content (AvgIpc) is 3.22. The van der Waals surface area contributed by atoms with E-state index in [0.717, 1.165) is 24.4 Å². The van der Waals surface area contributed by atoms with E-state index < -0.39 is 5.25 Å². The third-order valence-corrected chi connectivity index (χ3v) is 4.92. The van der Waals surface area contributed by atoms with E-state index in [2.05, 4.69) is 27.4 Å². The number of nitrogens with zero attached hydrogens (tertiary/aromatic N) is 5. The van der Waals surface area contributed by atoms with Crippen LogP contribution in [-0.4, -0.2) is 54.9 Å². The maximum atomic E-state index is 12.5. The van der Waals surface area contributed by atoms with Crippen LogP contribution in [0.25, 0.3) is 11.4 Å². The molecule has 0 bridgehead atoms. The minimum absolute atomic E-state index is 0.212. The summed E-state index contributed by atoms with van der Waals surface area (Å²) in [5.41, 5.74) is 0.931. The Morgan fingerprint density at radius 1 is 1.36 bits per heavy atom. The molecule has 9 heteroatoms. The Morgan fingerprint density at radius 3 is 2.76 bits per heavy atom. The van der Waals surface area contributed by atoms with Gasteiger partial charge in [-0.15, -0.1) is 10.2 Å². The minimum atomic E-state index is -0.422. The second kappa shape index (κ2) is 7.64. The fraction of sp³-hybridized carbons (Fsp3) is 0.438. The number of nitrogens with one attached hydrogen (secondary N) is 1. The standard InChI is InChI=1S/C16H20N6O2S/c1-3-9-21-13(12-4-6-17-7-5-12)19-20-16(21)25-11(2)14(23)22-10-8-18-15(22)24/h4-7,11H,3,8-10H2,1-2H3,(H,18,24)/t11-/m1/s1. The highest BCUT2D eigenvalue weighted by molar-refractivity contribution is 8.00. The molecule has 0 radical (unpaired) electrons. The molecule has 1 aliphatic heterocycles. The lowest BCUT2D eigenvalue weighted by Crippen LogP contribution is -2.39. The molecule has 3 rings (SSSR count). The SMILES string of the molecule is CCCn1c(S[C@H](C)C(=O)N2CCNC2=O)nnc1-c1ccncc1. The molecule has 0 saturated carbocycles. The number of rotatable bonds is 6. The van der Waals surface area contributed by atoms with Gasteiger partial charge in [0.1, 0.15) is 0 Å². The number of carbonyl (C=O) groups excluding carboxylic acids is 2. The van der Waals surface area contributed by atoms with Crippen LogP contribution in [0.3, 0.4) is 0 Å². The maximum Gasteiger partial charge on any atom is 0.324 e. The van der Waals surface area contributed by atoms with Gasteiger partial charge in [0.05, 0.1) is 5.25 Å². The van der Waals surface area contributed by atoms with Crippen molar-refractivity contribution in [3.05, 3.63) is 24.5 Å². The third kappa shape index (κ3) is 3.65. The van der Waals surface area contributed by atoms with Crippen molar-refractivity contribution in [1.29, 1.82) is 0 Å². The molecular weight excluding hydrogens is 340 g/mol. The summed E-state index contributed by atoms with van der Waals surface area (Å²) in [7, 11) is 0. The van der Waals surface area contributed by atoms with Crippen LogP contribution in [0.1, 0.15) is 20.3 Å². The molecule has 25 heavy (non-hydrogen) atoms. The zero-order valence-electron chi connectivity index (χ0n) is 14.2. The molecule has 132 valence electrons. The van der Waals surface area contributed by atoms with Crippen molar-refractivity contribution >= 4 is 23.7 Å². The van der Waals surface area contributed by atoms with E-state index in [9.17, 15) is 9.59 Å². The summed E-state index contributed by atoms with van der Waals surface area (Å²) in [5, 5.41) is 11.5. The van der Waals surface area contributed by atoms with Crippen LogP contribution in [0, 0.1) is 0 Å². The van der Waals surface area contributed by atoms with E-state index in [0.29, 0.717) is 18.2 Å². The van der Waals surface area contributed by atoms with Crippen molar-refractivity contribution < 1.29 is 9.59 Å². The highest BCUT2D eigenvalue weighted by Gasteiger charge is 2.31. The van der Waals surface area contributed by atoms with Gasteiger partial charge in [-0.2, -0.15) is 0 Å². The van der Waals surface area contributed by atoms with Gasteiger partial charge in [0.25, 0.3) is 0 Å². The van der Waals surface area contributed by atoms with Crippen molar-refractivity contribution in [2.24, 2.45) is 0 Å². The molecule has 1 atom stereocenters. The highest BCUT2D eigenvalue weighted by atomic mass is 32.2. The van der Waals surface area contributed by atoms with Gasteiger partial charge in [-0.1, -0.05) is 18.7 Å². The first-order valence-electron chi connectivity index (χ1n) is 8.21. The zero-order valence-corrected chi connectivity index (χ0v) is 15.0. The summed E-state index contributed by atoms with van der Waals surface area (Å²) >= 11 is 1.33. The van der Waals surface area contributed by atoms with Crippen molar-refractivity contribution in [2.75, 3.05) is 13.1 Å². The molecule has 0 unspecified atom stereocenters. The van der Waals surface area contributed by atoms with E-state index in [1.54, 1.807) is 19.3 Å². The lowest BCUT2D eigenvalue weighted by molar-refractivity contribution is -0.126. The fourth-order valence-corrected chi connectivity index (χ4v) is 3.56. The molecule has 2 aromatic rings. The first-order chi connectivity index (χ1) is 12.1. The molecule has 3 heterocycles. The van der Waals surface area contributed by atoms with Gasteiger partial charge < -0.3 is 9.88 Å². The van der Waals surface area contributed by atoms with Gasteiger partial charge in [-0.25, -0.2) is 4.79 Å². The molecule has 1 fully saturated rings. The first kappa shape index (κ1) is 17.4. The van der Waals surface area contributed by atoms with Crippen LogP contribution in [-0.2, 0) is 11.3 Å². The van der Waals surface area contributed by atoms with Gasteiger partial charge >= 0.3 is 6.03 Å². The summed E-state index contributed by atoms with van der Waals surface area (Å²) in [5.74, 6) is 0.543. The Kier molecular flexibility index (Phi) is 5.32. The molecule has 0 aromatic carbocycles. The maximum absolute atomic E-state index is 12.5. The Balaban J connectivity index is 1.81. The highest BCUT2D eigenvalue weighted by Crippen LogP contribution is 2.28. The van der Waals surface area contributed by atoms with Crippen LogP contribution in [0.5, 0.6) is 0 Å². The molecule has 0 spiro atoms. The Morgan fingerprint density at radius 2 is 2.12 bits per heavy atom. The minimum Gasteiger partial charge on any atom is -0.336 e. The van der Waals surface area contributed by atoms with Crippen molar-refractivity contribution in [1.82, 2.24) is 30.0 Å². The number of carbonyl (C=O) groups is 2. The van der Waals surface area contributed by atoms with Crippen molar-refractivity contribution in [2.45, 2.75) is 37.2 Å². The van der Waals surface area contributed by atoms with Crippen LogP contribution in [0.4, 0.5) is 4.79 Å². The third-order valence-electron chi connectivity index (χ3n) is 3.86. The number of aromatic nitrogens is 4. The quantitative estimate of drug-likeness (QED) is 0.790. The Hall–Kier alpha value is -2.42. The summed E-state index contributed by atoms with van der Waals surface area (Å²) in [6.07, 6.45) is 4.34. The van der Waals surface area contributed by atoms with Gasteiger partial charge in [0.15, 0.2) is 11.0 Å². The predicted octanol–water partition coefficient (Wildman–Crippen LogP) is 1.78. The second-order valence-electron chi connectivity index (χ2n) is 5.68. The number of urea groups is 1. The van der Waals surface area contributed by atoms with E-state index in [1.165, 1.54) is 16.7 Å². The molecule has 3 amide bonds. The topological polar surface area (TPSA) is 93.0 Å². The first-order valence-corrected chi connectivity index (χ1v) is 9.09. The second-order valence-corrected chi connectivity index (χ2v) is 6.98. The smallest absolute Gasteiger partial charge is 0.324 e. The van der Waals surface area contributed by atoms with E-state index in [4.69, 9.17) is 0 Å². The lowest BCUT2D eigenvalue weighted by Gasteiger charge is -2.17. The average molecular weight is 360 g/mol. The van der Waals surface area contributed by atoms with Gasteiger partial charge in [0.2, 0.25) is 5.91 Å². The summed E-state index contributed by atoms with van der Waals surface area (Å²) in [6, 6.07) is 3.44. The monoisotopic (exact) mass is 360 g/mol. The van der Waals surface area contributed by atoms with Crippen LogP contribution in [0.15, 0.2) is 29.7 Å². The molecule has 0 aliphatic carbocycles. The lowest BCUT2D eigenvalue weighted by atomic mass is 10.2. The fourth-order valence-electron chi connectivity index (χ4n) is 2.63. The number of thioether (sulfide) groups is 1. The van der Waals surface area contributed by atoms with Crippen LogP contribution < -0.4 is 5.32 Å². The van der Waals surface area contributed by atoms with Gasteiger partial charge in [0, 0.05) is 37.6 Å². The number of amides is 3. The van der Waals surface area contributed by atoms with E-state index >= 15 is 0 Å². The van der Waals surface area contributed by atoms with Crippen molar-refractivity contribution in [3.63, 3.8) is 0 Å². The largest absolute Gasteiger partial charge is 0.336 e. The van der Waals surface area contributed by atoms with Gasteiger partial charge in [-0.05, 0) is 25.5 Å². The summed E-state index contributed by atoms with van der Waals surface area (Å²) in [6.45, 7) is 5.52. The predicted molar refractivity (Wildman–Crippen MR) is 94.0 cm³/mol. The number of pyridine rings is 1. The molecule has 2 aromatic heterocycles. The van der Waals surface area contributed by atoms with Crippen molar-refractivity contribution in [3.8, 4) is 11.4 Å². The van der Waals surface area contributed by atoms with Gasteiger partial charge in [-0.3, -0.25) is 14.7 Å². The molecular formula is C16H20N6O2S. The van der Waals surface area contributed by atoms with E-state index in [1.807, 2.05) is 16.7 Å². The normalized spacial score (nSPS) is 15.3. The summed E-state index contributed by atoms with van der Waals surface area (Å²) in [4.78, 5) is 29.4. The van der Waals surface area contributed by atoms with Crippen LogP contribution in [0.2, 0.25) is 0 Å². The summed E-state index contributed by atoms with van der Waals surface area (Å²) < 4.78 is 2.01. The Bertz CT molecular complexity index is 763. The number of hydrogen-bond acceptors (Lipinski definition) is 6. The van der Waals surface area contributed by atoms with E-state index in [-0.39, 0.29) is 11.9 Å². The van der Waals surface area contributed by atoms with Crippen LogP contribution >= 0.6 is 11.8 Å². The number of hydrogen-bond donors (Lipinski definition) is 1.